The molecule has 0 spiro atoms. The summed E-state index contributed by atoms with van der Waals surface area (Å²) in [5.74, 6) is 1.17. The molecular weight excluding hydrogens is 420 g/mol. The molecule has 1 aliphatic heterocycles. The summed E-state index contributed by atoms with van der Waals surface area (Å²) in [5.41, 5.74) is 4.05. The molecule has 1 aliphatic rings. The Kier molecular flexibility index (Phi) is 5.57. The Morgan fingerprint density at radius 3 is 2.47 bits per heavy atom. The summed E-state index contributed by atoms with van der Waals surface area (Å²) in [6, 6.07) is 21.6. The number of furan rings is 1. The molecule has 0 unspecified atom stereocenters. The quantitative estimate of drug-likeness (QED) is 0.417. The number of sulfone groups is 1. The average molecular weight is 447 g/mol. The van der Waals surface area contributed by atoms with Crippen LogP contribution in [0.1, 0.15) is 29.9 Å². The van der Waals surface area contributed by atoms with E-state index in [4.69, 9.17) is 4.42 Å². The molecule has 2 aromatic heterocycles. The molecule has 0 aliphatic carbocycles. The van der Waals surface area contributed by atoms with Gasteiger partial charge in [-0.15, -0.1) is 0 Å². The third kappa shape index (κ3) is 4.47. The molecular formula is C26H26N2O3S. The van der Waals surface area contributed by atoms with Crippen LogP contribution in [0.4, 0.5) is 0 Å². The minimum atomic E-state index is -3.25. The van der Waals surface area contributed by atoms with E-state index < -0.39 is 9.84 Å². The van der Waals surface area contributed by atoms with Crippen LogP contribution in [-0.2, 0) is 16.4 Å². The van der Waals surface area contributed by atoms with Crippen molar-refractivity contribution in [3.05, 3.63) is 84.1 Å². The highest BCUT2D eigenvalue weighted by atomic mass is 32.2. The molecule has 3 heterocycles. The monoisotopic (exact) mass is 446 g/mol. The maximum absolute atomic E-state index is 11.8. The van der Waals surface area contributed by atoms with Gasteiger partial charge in [0.1, 0.15) is 11.3 Å². The molecule has 5 nitrogen and oxygen atoms in total. The van der Waals surface area contributed by atoms with Crippen LogP contribution >= 0.6 is 0 Å². The van der Waals surface area contributed by atoms with Crippen LogP contribution < -0.4 is 0 Å². The van der Waals surface area contributed by atoms with E-state index in [9.17, 15) is 8.42 Å². The average Bonchev–Trinajstić information content (AvgIpc) is 3.23. The zero-order valence-electron chi connectivity index (χ0n) is 18.1. The Morgan fingerprint density at radius 1 is 1.00 bits per heavy atom. The molecule has 0 N–H and O–H groups in total. The molecule has 1 fully saturated rings. The molecule has 32 heavy (non-hydrogen) atoms. The van der Waals surface area contributed by atoms with Crippen LogP contribution in [-0.4, -0.2) is 37.6 Å². The second-order valence-electron chi connectivity index (χ2n) is 8.60. The van der Waals surface area contributed by atoms with E-state index in [0.29, 0.717) is 22.2 Å². The Morgan fingerprint density at radius 2 is 1.78 bits per heavy atom. The summed E-state index contributed by atoms with van der Waals surface area (Å²) < 4.78 is 29.5. The van der Waals surface area contributed by atoms with Crippen LogP contribution in [0.3, 0.4) is 0 Å². The lowest BCUT2D eigenvalue weighted by Crippen LogP contribution is -2.32. The molecule has 5 rings (SSSR count). The molecule has 4 aromatic rings. The SMILES string of the molecule is CS(=O)(=O)c1ccc2oc(-c3ccc(C4CCN(Cc5ccccc5)CC4)cn3)cc2c1. The van der Waals surface area contributed by atoms with Crippen molar-refractivity contribution in [3.8, 4) is 11.5 Å². The Balaban J connectivity index is 1.26. The van der Waals surface area contributed by atoms with Crippen LogP contribution in [0, 0.1) is 0 Å². The van der Waals surface area contributed by atoms with Gasteiger partial charge in [-0.05, 0) is 73.3 Å². The standard InChI is InChI=1S/C26H26N2O3S/c1-32(29,30)23-8-10-25-22(15-23)16-26(31-25)24-9-7-21(17-27-24)20-11-13-28(14-12-20)18-19-5-3-2-4-6-19/h2-10,15-17,20H,11-14,18H2,1H3. The molecule has 164 valence electrons. The van der Waals surface area contributed by atoms with Crippen LogP contribution in [0.15, 0.2) is 82.2 Å². The molecule has 0 atom stereocenters. The lowest BCUT2D eigenvalue weighted by molar-refractivity contribution is 0.204. The summed E-state index contributed by atoms with van der Waals surface area (Å²) >= 11 is 0. The number of pyridine rings is 1. The molecule has 1 saturated heterocycles. The van der Waals surface area contributed by atoms with Gasteiger partial charge in [0.2, 0.25) is 0 Å². The van der Waals surface area contributed by atoms with Gasteiger partial charge in [-0.2, -0.15) is 0 Å². The number of hydrogen-bond donors (Lipinski definition) is 0. The van der Waals surface area contributed by atoms with E-state index in [1.807, 2.05) is 18.3 Å². The van der Waals surface area contributed by atoms with Crippen molar-refractivity contribution in [1.29, 1.82) is 0 Å². The summed E-state index contributed by atoms with van der Waals surface area (Å²) in [6.07, 6.45) is 5.43. The van der Waals surface area contributed by atoms with Gasteiger partial charge in [0, 0.05) is 24.4 Å². The minimum absolute atomic E-state index is 0.291. The van der Waals surface area contributed by atoms with Crippen molar-refractivity contribution in [2.75, 3.05) is 19.3 Å². The first kappa shape index (κ1) is 20.9. The van der Waals surface area contributed by atoms with E-state index in [1.165, 1.54) is 17.4 Å². The number of hydrogen-bond acceptors (Lipinski definition) is 5. The highest BCUT2D eigenvalue weighted by Gasteiger charge is 2.21. The van der Waals surface area contributed by atoms with Crippen molar-refractivity contribution in [2.45, 2.75) is 30.2 Å². The maximum Gasteiger partial charge on any atom is 0.175 e. The van der Waals surface area contributed by atoms with Crippen molar-refractivity contribution in [3.63, 3.8) is 0 Å². The summed E-state index contributed by atoms with van der Waals surface area (Å²) in [5, 5.41) is 0.764. The number of aromatic nitrogens is 1. The lowest BCUT2D eigenvalue weighted by Gasteiger charge is -2.32. The van der Waals surface area contributed by atoms with Gasteiger partial charge >= 0.3 is 0 Å². The fourth-order valence-corrected chi connectivity index (χ4v) is 5.09. The smallest absolute Gasteiger partial charge is 0.175 e. The third-order valence-electron chi connectivity index (χ3n) is 6.26. The highest BCUT2D eigenvalue weighted by Crippen LogP contribution is 2.31. The third-order valence-corrected chi connectivity index (χ3v) is 7.37. The van der Waals surface area contributed by atoms with Crippen LogP contribution in [0.2, 0.25) is 0 Å². The van der Waals surface area contributed by atoms with Gasteiger partial charge in [-0.25, -0.2) is 8.42 Å². The van der Waals surface area contributed by atoms with Crippen molar-refractivity contribution < 1.29 is 12.8 Å². The van der Waals surface area contributed by atoms with E-state index >= 15 is 0 Å². The lowest BCUT2D eigenvalue weighted by atomic mass is 9.90. The Labute approximate surface area is 188 Å². The second-order valence-corrected chi connectivity index (χ2v) is 10.6. The molecule has 0 radical (unpaired) electrons. The van der Waals surface area contributed by atoms with Gasteiger partial charge in [-0.3, -0.25) is 9.88 Å². The molecule has 6 heteroatoms. The minimum Gasteiger partial charge on any atom is -0.454 e. The zero-order valence-corrected chi connectivity index (χ0v) is 18.9. The number of benzene rings is 2. The van der Waals surface area contributed by atoms with Gasteiger partial charge < -0.3 is 4.42 Å². The number of fused-ring (bicyclic) bond motifs is 1. The van der Waals surface area contributed by atoms with Crippen molar-refractivity contribution >= 4 is 20.8 Å². The van der Waals surface area contributed by atoms with Crippen molar-refractivity contribution in [2.24, 2.45) is 0 Å². The molecule has 0 saturated carbocycles. The summed E-state index contributed by atoms with van der Waals surface area (Å²) in [7, 11) is -3.25. The number of likely N-dealkylation sites (tertiary alicyclic amines) is 1. The van der Waals surface area contributed by atoms with Gasteiger partial charge in [0.25, 0.3) is 0 Å². The number of nitrogens with zero attached hydrogens (tertiary/aromatic N) is 2. The van der Waals surface area contributed by atoms with E-state index in [0.717, 1.165) is 43.6 Å². The van der Waals surface area contributed by atoms with Gasteiger partial charge in [0.15, 0.2) is 15.6 Å². The van der Waals surface area contributed by atoms with E-state index in [1.54, 1.807) is 18.2 Å². The summed E-state index contributed by atoms with van der Waals surface area (Å²) in [6.45, 7) is 3.19. The number of piperidine rings is 1. The first-order chi connectivity index (χ1) is 15.5. The fourth-order valence-electron chi connectivity index (χ4n) is 4.44. The summed E-state index contributed by atoms with van der Waals surface area (Å²) in [4.78, 5) is 7.46. The Bertz CT molecular complexity index is 1320. The second kappa shape index (κ2) is 8.52. The van der Waals surface area contributed by atoms with Crippen LogP contribution in [0.25, 0.3) is 22.4 Å². The van der Waals surface area contributed by atoms with Crippen LogP contribution in [0.5, 0.6) is 0 Å². The predicted molar refractivity (Wildman–Crippen MR) is 126 cm³/mol. The van der Waals surface area contributed by atoms with Gasteiger partial charge in [0.05, 0.1) is 4.90 Å². The fraction of sp³-hybridized carbons (Fsp3) is 0.269. The molecule has 0 amide bonds. The highest BCUT2D eigenvalue weighted by molar-refractivity contribution is 7.90. The maximum atomic E-state index is 11.8. The number of rotatable bonds is 5. The molecule has 0 bridgehead atoms. The largest absolute Gasteiger partial charge is 0.454 e. The first-order valence-electron chi connectivity index (χ1n) is 10.9. The van der Waals surface area contributed by atoms with Gasteiger partial charge in [-0.1, -0.05) is 36.4 Å². The van der Waals surface area contributed by atoms with E-state index in [2.05, 4.69) is 46.3 Å². The topological polar surface area (TPSA) is 63.4 Å². The zero-order chi connectivity index (χ0) is 22.1. The molecule has 2 aromatic carbocycles. The van der Waals surface area contributed by atoms with E-state index in [-0.39, 0.29) is 0 Å². The predicted octanol–water partition coefficient (Wildman–Crippen LogP) is 5.28. The first-order valence-corrected chi connectivity index (χ1v) is 12.8. The van der Waals surface area contributed by atoms with Crippen molar-refractivity contribution in [1.82, 2.24) is 9.88 Å². The normalized spacial score (nSPS) is 15.9. The Hall–Kier alpha value is -2.96.